The smallest absolute Gasteiger partial charge is 0.328 e. The van der Waals surface area contributed by atoms with Gasteiger partial charge >= 0.3 is 5.97 Å². The molecule has 2 aromatic carbocycles. The highest BCUT2D eigenvalue weighted by Crippen LogP contribution is 2.26. The molecule has 1 fully saturated rings. The molecule has 0 spiro atoms. The van der Waals surface area contributed by atoms with E-state index in [1.807, 2.05) is 6.20 Å². The number of aromatic nitrogens is 1. The fraction of sp³-hybridized carbons (Fsp3) is 0.500. The van der Waals surface area contributed by atoms with Gasteiger partial charge in [0.1, 0.15) is 19.2 Å². The van der Waals surface area contributed by atoms with Crippen molar-refractivity contribution in [3.8, 4) is 11.3 Å². The fourth-order valence-electron chi connectivity index (χ4n) is 5.36. The van der Waals surface area contributed by atoms with Crippen molar-refractivity contribution in [3.63, 3.8) is 0 Å². The zero-order valence-corrected chi connectivity index (χ0v) is 30.3. The molecule has 2 heterocycles. The van der Waals surface area contributed by atoms with E-state index in [4.69, 9.17) is 27.9 Å². The molecule has 3 aromatic rings. The summed E-state index contributed by atoms with van der Waals surface area (Å²) in [5, 5.41) is 18.5. The second-order valence-corrected chi connectivity index (χ2v) is 14.2. The van der Waals surface area contributed by atoms with Crippen LogP contribution in [0.25, 0.3) is 22.0 Å². The van der Waals surface area contributed by atoms with E-state index in [-0.39, 0.29) is 19.1 Å². The summed E-state index contributed by atoms with van der Waals surface area (Å²) < 4.78 is 3.27. The molecule has 1 aromatic heterocycles. The van der Waals surface area contributed by atoms with Gasteiger partial charge in [-0.25, -0.2) is 0 Å². The Bertz CT molecular complexity index is 1540. The van der Waals surface area contributed by atoms with Crippen molar-refractivity contribution < 1.29 is 29.1 Å². The summed E-state index contributed by atoms with van der Waals surface area (Å²) in [6, 6.07) is 16.0. The van der Waals surface area contributed by atoms with Gasteiger partial charge in [-0.05, 0) is 60.2 Å². The molecule has 2 amide bonds. The summed E-state index contributed by atoms with van der Waals surface area (Å²) >= 11 is 12.0. The zero-order valence-electron chi connectivity index (χ0n) is 28.8. The van der Waals surface area contributed by atoms with Crippen LogP contribution in [0, 0.1) is 5.92 Å². The number of pyridine rings is 1. The molecule has 4 unspecified atom stereocenters. The van der Waals surface area contributed by atoms with Crippen LogP contribution in [0.15, 0.2) is 54.7 Å². The second-order valence-electron chi connectivity index (χ2n) is 12.5. The molecule has 1 aliphatic heterocycles. The maximum atomic E-state index is 12.4. The number of rotatable bonds is 13. The number of nitrogens with zero attached hydrogens (tertiary/aromatic N) is 2. The lowest BCUT2D eigenvalue weighted by Crippen LogP contribution is -2.72. The van der Waals surface area contributed by atoms with Gasteiger partial charge in [-0.2, -0.15) is 5.21 Å². The van der Waals surface area contributed by atoms with Crippen LogP contribution in [0.1, 0.15) is 71.9 Å². The van der Waals surface area contributed by atoms with Gasteiger partial charge in [0.25, 0.3) is 0 Å². The van der Waals surface area contributed by atoms with Crippen LogP contribution < -0.4 is 16.1 Å². The van der Waals surface area contributed by atoms with E-state index < -0.39 is 39.2 Å². The number of esters is 1. The van der Waals surface area contributed by atoms with E-state index in [9.17, 15) is 19.6 Å². The summed E-state index contributed by atoms with van der Waals surface area (Å²) in [7, 11) is 0. The van der Waals surface area contributed by atoms with Crippen LogP contribution in [0.2, 0.25) is 0 Å². The summed E-state index contributed by atoms with van der Waals surface area (Å²) in [5.74, 6) is -1.13. The third-order valence-electron chi connectivity index (χ3n) is 8.61. The topological polar surface area (TPSA) is 130 Å². The number of amides is 2. The first-order valence-corrected chi connectivity index (χ1v) is 17.4. The molecule has 0 bridgehead atoms. The molecule has 1 saturated heterocycles. The Hall–Kier alpha value is -3.28. The molecule has 4 N–H and O–H groups in total. The largest absolute Gasteiger partial charge is 0.461 e. The molecule has 0 radical (unpaired) electrons. The highest BCUT2D eigenvalue weighted by atomic mass is 35.5. The van der Waals surface area contributed by atoms with Crippen LogP contribution in [0.3, 0.4) is 0 Å². The Balaban J connectivity index is 0.000000273. The maximum Gasteiger partial charge on any atom is 0.328 e. The average molecular weight is 704 g/mol. The fourth-order valence-corrected chi connectivity index (χ4v) is 5.47. The van der Waals surface area contributed by atoms with E-state index in [1.54, 1.807) is 27.7 Å². The SMILES string of the molecule is CCC(Cl)(Cl)COC(=O)C1CCC[N+](O)(C(C)NC(=O)C(NC=O)C(C)C)N1.CCc1cccc(-c2cc3cc(CC)ccc3cn2)c1. The van der Waals surface area contributed by atoms with E-state index in [2.05, 4.69) is 83.4 Å². The van der Waals surface area contributed by atoms with Crippen molar-refractivity contribution in [2.75, 3.05) is 13.2 Å². The van der Waals surface area contributed by atoms with Crippen LogP contribution >= 0.6 is 23.2 Å². The second kappa shape index (κ2) is 17.9. The van der Waals surface area contributed by atoms with E-state index in [0.717, 1.165) is 18.5 Å². The number of hydroxylamine groups is 2. The number of halogens is 2. The molecular weight excluding hydrogens is 653 g/mol. The predicted molar refractivity (Wildman–Crippen MR) is 190 cm³/mol. The molecule has 48 heavy (non-hydrogen) atoms. The Morgan fingerprint density at radius 3 is 2.44 bits per heavy atom. The average Bonchev–Trinajstić information content (AvgIpc) is 3.09. The van der Waals surface area contributed by atoms with Crippen LogP contribution in [0.5, 0.6) is 0 Å². The van der Waals surface area contributed by atoms with Gasteiger partial charge in [0.05, 0.1) is 5.69 Å². The van der Waals surface area contributed by atoms with Gasteiger partial charge in [0.2, 0.25) is 18.5 Å². The van der Waals surface area contributed by atoms with Crippen molar-refractivity contribution in [2.24, 2.45) is 5.92 Å². The minimum absolute atomic E-state index is 0.133. The number of hydrogen-bond acceptors (Lipinski definition) is 7. The number of quaternary nitrogens is 1. The number of carbonyl (C=O) groups is 3. The lowest BCUT2D eigenvalue weighted by Gasteiger charge is -2.40. The minimum Gasteiger partial charge on any atom is -0.461 e. The molecule has 0 aliphatic carbocycles. The number of nitrogens with one attached hydrogen (secondary N) is 3. The zero-order chi connectivity index (χ0) is 35.5. The van der Waals surface area contributed by atoms with E-state index in [0.29, 0.717) is 25.7 Å². The van der Waals surface area contributed by atoms with Gasteiger partial charge in [-0.3, -0.25) is 19.4 Å². The van der Waals surface area contributed by atoms with Crippen molar-refractivity contribution in [2.45, 2.75) is 96.2 Å². The Morgan fingerprint density at radius 1 is 1.08 bits per heavy atom. The monoisotopic (exact) mass is 702 g/mol. The highest BCUT2D eigenvalue weighted by Gasteiger charge is 2.44. The number of alkyl halides is 2. The lowest BCUT2D eigenvalue weighted by molar-refractivity contribution is -1.16. The van der Waals surface area contributed by atoms with Crippen molar-refractivity contribution in [1.82, 2.24) is 21.0 Å². The maximum absolute atomic E-state index is 12.4. The molecule has 262 valence electrons. The minimum atomic E-state index is -1.16. The first-order chi connectivity index (χ1) is 22.7. The van der Waals surface area contributed by atoms with Crippen LogP contribution in [0.4, 0.5) is 0 Å². The third-order valence-corrected chi connectivity index (χ3v) is 9.37. The predicted octanol–water partition coefficient (Wildman–Crippen LogP) is 6.25. The molecule has 10 nitrogen and oxygen atoms in total. The molecule has 1 aliphatic rings. The first kappa shape index (κ1) is 39.2. The highest BCUT2D eigenvalue weighted by molar-refractivity contribution is 6.48. The van der Waals surface area contributed by atoms with Gasteiger partial charge in [-0.15, -0.1) is 5.43 Å². The lowest BCUT2D eigenvalue weighted by atomic mass is 10.0. The summed E-state index contributed by atoms with van der Waals surface area (Å²) in [6.45, 7) is 11.5. The molecule has 4 atom stereocenters. The van der Waals surface area contributed by atoms with Crippen molar-refractivity contribution in [1.29, 1.82) is 0 Å². The third kappa shape index (κ3) is 10.9. The number of hydrogen-bond donors (Lipinski definition) is 4. The summed E-state index contributed by atoms with van der Waals surface area (Å²) in [5.41, 5.74) is 7.80. The van der Waals surface area contributed by atoms with E-state index >= 15 is 0 Å². The standard InChI is InChI=1S/C19H19N.C17H30Cl2N4O5/c1-3-14-6-5-7-16(10-14)19-12-18-11-15(4-2)8-9-17(18)13-20-19;1-5-17(18,19)9-28-16(26)13-7-6-8-23(27,22-13)12(4)21-15(25)14(11(2)3)20-10-24/h5-13H,3-4H2,1-2H3;10-14,22,27H,5-9H2,1-4H3,(H-,20,21,24,25)/p+1. The summed E-state index contributed by atoms with van der Waals surface area (Å²) in [4.78, 5) is 40.1. The number of benzene rings is 2. The number of fused-ring (bicyclic) bond motifs is 1. The summed E-state index contributed by atoms with van der Waals surface area (Å²) in [6.07, 6.45) is 5.20. The normalized spacial score (nSPS) is 19.1. The van der Waals surface area contributed by atoms with E-state index in [1.165, 1.54) is 27.5 Å². The number of ether oxygens (including phenoxy) is 1. The van der Waals surface area contributed by atoms with Gasteiger partial charge in [0.15, 0.2) is 10.4 Å². The van der Waals surface area contributed by atoms with Crippen molar-refractivity contribution >= 4 is 52.3 Å². The number of carbonyl (C=O) groups excluding carboxylic acids is 3. The quantitative estimate of drug-likeness (QED) is 0.0718. The Labute approximate surface area is 294 Å². The Morgan fingerprint density at radius 2 is 1.79 bits per heavy atom. The van der Waals surface area contributed by atoms with Crippen LogP contribution in [-0.2, 0) is 32.0 Å². The first-order valence-electron chi connectivity index (χ1n) is 16.7. The van der Waals surface area contributed by atoms with Gasteiger partial charge < -0.3 is 15.4 Å². The number of aryl methyl sites for hydroxylation is 2. The van der Waals surface area contributed by atoms with Gasteiger partial charge in [-0.1, -0.05) is 99.0 Å². The Kier molecular flexibility index (Phi) is 14.6. The molecule has 12 heteroatoms. The molecule has 0 saturated carbocycles. The molecule has 4 rings (SSSR count). The molecular formula is C36H50Cl2N5O5+. The van der Waals surface area contributed by atoms with Gasteiger partial charge in [0, 0.05) is 30.5 Å². The van der Waals surface area contributed by atoms with Crippen LogP contribution in [-0.4, -0.2) is 69.0 Å². The van der Waals surface area contributed by atoms with Crippen molar-refractivity contribution in [3.05, 3.63) is 65.9 Å².